The molecule has 0 bridgehead atoms. The van der Waals surface area contributed by atoms with Crippen molar-refractivity contribution in [1.82, 2.24) is 5.32 Å². The van der Waals surface area contributed by atoms with Gasteiger partial charge in [-0.05, 0) is 42.0 Å². The maximum absolute atomic E-state index is 6.18. The molecule has 1 aliphatic carbocycles. The van der Waals surface area contributed by atoms with Crippen molar-refractivity contribution in [3.63, 3.8) is 0 Å². The normalized spacial score (nSPS) is 28.3. The van der Waals surface area contributed by atoms with Gasteiger partial charge in [-0.25, -0.2) is 0 Å². The van der Waals surface area contributed by atoms with Crippen LogP contribution in [0.3, 0.4) is 0 Å². The maximum atomic E-state index is 6.18. The fourth-order valence-electron chi connectivity index (χ4n) is 2.79. The molecule has 1 fully saturated rings. The van der Waals surface area contributed by atoms with Gasteiger partial charge in [0, 0.05) is 22.6 Å². The van der Waals surface area contributed by atoms with Gasteiger partial charge >= 0.3 is 0 Å². The van der Waals surface area contributed by atoms with Crippen molar-refractivity contribution in [2.75, 3.05) is 0 Å². The van der Waals surface area contributed by atoms with E-state index in [4.69, 9.17) is 23.2 Å². The van der Waals surface area contributed by atoms with Crippen LogP contribution < -0.4 is 5.32 Å². The molecule has 0 amide bonds. The van der Waals surface area contributed by atoms with Gasteiger partial charge in [0.1, 0.15) is 0 Å². The molecule has 0 aliphatic heterocycles. The molecule has 0 radical (unpaired) electrons. The predicted molar refractivity (Wildman–Crippen MR) is 79.3 cm³/mol. The Morgan fingerprint density at radius 1 is 1.22 bits per heavy atom. The minimum Gasteiger partial charge on any atom is -0.310 e. The molecule has 1 saturated carbocycles. The lowest BCUT2D eigenvalue weighted by molar-refractivity contribution is 0.206. The largest absolute Gasteiger partial charge is 0.310 e. The highest BCUT2D eigenvalue weighted by Gasteiger charge is 2.26. The molecule has 2 rings (SSSR count). The first-order valence-corrected chi connectivity index (χ1v) is 7.51. The van der Waals surface area contributed by atoms with Crippen LogP contribution in [0.5, 0.6) is 0 Å². The fourth-order valence-corrected chi connectivity index (χ4v) is 3.17. The third-order valence-corrected chi connectivity index (χ3v) is 4.87. The number of hydrogen-bond acceptors (Lipinski definition) is 1. The molecule has 1 aliphatic rings. The summed E-state index contributed by atoms with van der Waals surface area (Å²) in [6, 6.07) is 6.25. The molecule has 0 spiro atoms. The van der Waals surface area contributed by atoms with Crippen molar-refractivity contribution in [1.29, 1.82) is 0 Å². The number of halogens is 2. The van der Waals surface area contributed by atoms with E-state index < -0.39 is 0 Å². The van der Waals surface area contributed by atoms with Gasteiger partial charge < -0.3 is 5.32 Å². The summed E-state index contributed by atoms with van der Waals surface area (Å²) in [5, 5.41) is 5.19. The second kappa shape index (κ2) is 6.27. The lowest BCUT2D eigenvalue weighted by atomic mass is 9.78. The van der Waals surface area contributed by atoms with E-state index >= 15 is 0 Å². The van der Waals surface area contributed by atoms with Crippen molar-refractivity contribution in [3.8, 4) is 0 Å². The summed E-state index contributed by atoms with van der Waals surface area (Å²) in [6.07, 6.45) is 3.95. The first-order chi connectivity index (χ1) is 8.58. The Hall–Kier alpha value is -0.240. The summed E-state index contributed by atoms with van der Waals surface area (Å²) >= 11 is 12.2. The zero-order chi connectivity index (χ0) is 13.1. The van der Waals surface area contributed by atoms with Gasteiger partial charge in [0.25, 0.3) is 0 Å². The highest BCUT2D eigenvalue weighted by Crippen LogP contribution is 2.30. The van der Waals surface area contributed by atoms with E-state index in [1.165, 1.54) is 19.3 Å². The van der Waals surface area contributed by atoms with E-state index in [0.717, 1.165) is 34.0 Å². The Morgan fingerprint density at radius 2 is 2.00 bits per heavy atom. The van der Waals surface area contributed by atoms with Crippen molar-refractivity contribution in [3.05, 3.63) is 33.8 Å². The van der Waals surface area contributed by atoms with Crippen molar-refractivity contribution >= 4 is 23.2 Å². The Labute approximate surface area is 120 Å². The van der Waals surface area contributed by atoms with Gasteiger partial charge in [-0.1, -0.05) is 49.9 Å². The number of hydrogen-bond donors (Lipinski definition) is 1. The van der Waals surface area contributed by atoms with Crippen LogP contribution in [-0.4, -0.2) is 6.04 Å². The summed E-state index contributed by atoms with van der Waals surface area (Å²) < 4.78 is 0. The highest BCUT2D eigenvalue weighted by atomic mass is 35.5. The molecule has 3 unspecified atom stereocenters. The molecule has 0 saturated heterocycles. The fraction of sp³-hybridized carbons (Fsp3) is 0.600. The van der Waals surface area contributed by atoms with Crippen LogP contribution in [0.4, 0.5) is 0 Å². The van der Waals surface area contributed by atoms with Crippen molar-refractivity contribution in [2.24, 2.45) is 11.8 Å². The quantitative estimate of drug-likeness (QED) is 0.832. The number of rotatable bonds is 3. The van der Waals surface area contributed by atoms with Crippen LogP contribution in [0, 0.1) is 11.8 Å². The van der Waals surface area contributed by atoms with Crippen molar-refractivity contribution < 1.29 is 0 Å². The van der Waals surface area contributed by atoms with E-state index in [1.807, 2.05) is 18.2 Å². The summed E-state index contributed by atoms with van der Waals surface area (Å²) in [4.78, 5) is 0. The van der Waals surface area contributed by atoms with Gasteiger partial charge in [-0.2, -0.15) is 0 Å². The van der Waals surface area contributed by atoms with Gasteiger partial charge in [-0.15, -0.1) is 0 Å². The third-order valence-electron chi connectivity index (χ3n) is 4.27. The second-order valence-corrected chi connectivity index (χ2v) is 6.33. The van der Waals surface area contributed by atoms with Gasteiger partial charge in [0.15, 0.2) is 0 Å². The van der Waals surface area contributed by atoms with Gasteiger partial charge in [0.05, 0.1) is 0 Å². The molecule has 1 nitrogen and oxygen atoms in total. The van der Waals surface area contributed by atoms with Crippen molar-refractivity contribution in [2.45, 2.75) is 45.7 Å². The highest BCUT2D eigenvalue weighted by molar-refractivity contribution is 6.33. The molecule has 1 aromatic rings. The standard InChI is InChI=1S/C15H21Cl2N/c1-10-4-3-5-15(11(10)2)18-9-12-8-13(16)6-7-14(12)17/h6-8,10-11,15,18H,3-5,9H2,1-2H3. The molecule has 100 valence electrons. The summed E-state index contributed by atoms with van der Waals surface area (Å²) in [5.74, 6) is 1.54. The molecule has 1 N–H and O–H groups in total. The molecule has 18 heavy (non-hydrogen) atoms. The van der Waals surface area contributed by atoms with Gasteiger partial charge in [0.2, 0.25) is 0 Å². The molecular formula is C15H21Cl2N. The average molecular weight is 286 g/mol. The van der Waals surface area contributed by atoms with Crippen LogP contribution >= 0.6 is 23.2 Å². The number of nitrogens with one attached hydrogen (secondary N) is 1. The topological polar surface area (TPSA) is 12.0 Å². The molecule has 3 heteroatoms. The Balaban J connectivity index is 1.96. The summed E-state index contributed by atoms with van der Waals surface area (Å²) in [7, 11) is 0. The first kappa shape index (κ1) is 14.2. The second-order valence-electron chi connectivity index (χ2n) is 5.49. The van der Waals surface area contributed by atoms with E-state index in [0.29, 0.717) is 6.04 Å². The average Bonchev–Trinajstić information content (AvgIpc) is 2.35. The molecular weight excluding hydrogens is 265 g/mol. The SMILES string of the molecule is CC1CCCC(NCc2cc(Cl)ccc2Cl)C1C. The zero-order valence-corrected chi connectivity index (χ0v) is 12.6. The van der Waals surface area contributed by atoms with E-state index in [1.54, 1.807) is 0 Å². The van der Waals surface area contributed by atoms with Crippen LogP contribution in [0.1, 0.15) is 38.7 Å². The third kappa shape index (κ3) is 3.40. The van der Waals surface area contributed by atoms with Crippen LogP contribution in [-0.2, 0) is 6.54 Å². The Bertz CT molecular complexity index is 405. The lowest BCUT2D eigenvalue weighted by Gasteiger charge is -2.34. The monoisotopic (exact) mass is 285 g/mol. The smallest absolute Gasteiger partial charge is 0.0451 e. The molecule has 1 aromatic carbocycles. The first-order valence-electron chi connectivity index (χ1n) is 6.75. The van der Waals surface area contributed by atoms with E-state index in [2.05, 4.69) is 19.2 Å². The van der Waals surface area contributed by atoms with E-state index in [9.17, 15) is 0 Å². The predicted octanol–water partition coefficient (Wildman–Crippen LogP) is 4.91. The minimum atomic E-state index is 0.601. The molecule has 3 atom stereocenters. The lowest BCUT2D eigenvalue weighted by Crippen LogP contribution is -2.40. The van der Waals surface area contributed by atoms with Crippen LogP contribution in [0.25, 0.3) is 0 Å². The molecule has 0 heterocycles. The zero-order valence-electron chi connectivity index (χ0n) is 11.0. The Kier molecular flexibility index (Phi) is 4.94. The number of benzene rings is 1. The van der Waals surface area contributed by atoms with Gasteiger partial charge in [-0.3, -0.25) is 0 Å². The van der Waals surface area contributed by atoms with Crippen LogP contribution in [0.2, 0.25) is 10.0 Å². The molecule has 0 aromatic heterocycles. The van der Waals surface area contributed by atoms with E-state index in [-0.39, 0.29) is 0 Å². The maximum Gasteiger partial charge on any atom is 0.0451 e. The summed E-state index contributed by atoms with van der Waals surface area (Å²) in [5.41, 5.74) is 1.09. The van der Waals surface area contributed by atoms with Crippen LogP contribution in [0.15, 0.2) is 18.2 Å². The Morgan fingerprint density at radius 3 is 2.78 bits per heavy atom. The minimum absolute atomic E-state index is 0.601. The summed E-state index contributed by atoms with van der Waals surface area (Å²) in [6.45, 7) is 5.51.